The minimum Gasteiger partial charge on any atom is -0.495 e. The Morgan fingerprint density at radius 1 is 0.875 bits per heavy atom. The molecule has 9 heteroatoms. The molecule has 24 heavy (non-hydrogen) atoms. The number of sulfonamides is 1. The van der Waals surface area contributed by atoms with Crippen LogP contribution in [-0.2, 0) is 10.0 Å². The molecular weight excluding hydrogens is 377 g/mol. The first-order valence-corrected chi connectivity index (χ1v) is 8.84. The highest BCUT2D eigenvalue weighted by Gasteiger charge is 2.22. The fourth-order valence-corrected chi connectivity index (χ4v) is 3.74. The van der Waals surface area contributed by atoms with Crippen molar-refractivity contribution in [3.05, 3.63) is 40.4 Å². The van der Waals surface area contributed by atoms with E-state index in [1.807, 2.05) is 0 Å². The Balaban J connectivity index is 2.51. The summed E-state index contributed by atoms with van der Waals surface area (Å²) in [4.78, 5) is -0.105. The topological polar surface area (TPSA) is 73.9 Å². The Morgan fingerprint density at radius 2 is 1.50 bits per heavy atom. The highest BCUT2D eigenvalue weighted by molar-refractivity contribution is 7.92. The number of anilines is 1. The minimum atomic E-state index is -3.99. The summed E-state index contributed by atoms with van der Waals surface area (Å²) in [6, 6.07) is 7.17. The molecule has 6 nitrogen and oxygen atoms in total. The van der Waals surface area contributed by atoms with Crippen molar-refractivity contribution in [1.82, 2.24) is 0 Å². The van der Waals surface area contributed by atoms with Gasteiger partial charge in [0.1, 0.15) is 22.1 Å². The van der Waals surface area contributed by atoms with Crippen LogP contribution in [0.25, 0.3) is 0 Å². The van der Waals surface area contributed by atoms with Gasteiger partial charge in [-0.05, 0) is 24.3 Å². The average Bonchev–Trinajstić information content (AvgIpc) is 2.54. The Kier molecular flexibility index (Phi) is 5.69. The van der Waals surface area contributed by atoms with E-state index in [-0.39, 0.29) is 32.1 Å². The maximum atomic E-state index is 12.7. The van der Waals surface area contributed by atoms with Crippen molar-refractivity contribution in [2.45, 2.75) is 4.90 Å². The molecule has 0 bridgehead atoms. The van der Waals surface area contributed by atoms with Gasteiger partial charge in [-0.15, -0.1) is 0 Å². The van der Waals surface area contributed by atoms with Crippen LogP contribution in [0, 0.1) is 0 Å². The summed E-state index contributed by atoms with van der Waals surface area (Å²) in [6.07, 6.45) is 0. The second-order valence-corrected chi connectivity index (χ2v) is 7.08. The molecule has 0 amide bonds. The normalized spacial score (nSPS) is 11.0. The Bertz CT molecular complexity index is 855. The number of methoxy groups -OCH3 is 3. The summed E-state index contributed by atoms with van der Waals surface area (Å²) < 4.78 is 43.1. The summed E-state index contributed by atoms with van der Waals surface area (Å²) in [5.41, 5.74) is 0.158. The molecule has 0 saturated carbocycles. The van der Waals surface area contributed by atoms with E-state index in [2.05, 4.69) is 4.72 Å². The van der Waals surface area contributed by atoms with Crippen LogP contribution in [0.3, 0.4) is 0 Å². The first kappa shape index (κ1) is 18.5. The van der Waals surface area contributed by atoms with Crippen molar-refractivity contribution < 1.29 is 22.6 Å². The number of halogens is 2. The molecule has 2 aromatic rings. The van der Waals surface area contributed by atoms with E-state index in [0.29, 0.717) is 5.75 Å². The third-order valence-electron chi connectivity index (χ3n) is 3.13. The summed E-state index contributed by atoms with van der Waals surface area (Å²) >= 11 is 12.0. The fourth-order valence-electron chi connectivity index (χ4n) is 2.00. The number of rotatable bonds is 6. The van der Waals surface area contributed by atoms with Gasteiger partial charge in [0.15, 0.2) is 0 Å². The third-order valence-corrected chi connectivity index (χ3v) is 5.05. The quantitative estimate of drug-likeness (QED) is 0.809. The first-order chi connectivity index (χ1) is 11.3. The molecule has 2 rings (SSSR count). The lowest BCUT2D eigenvalue weighted by Gasteiger charge is -2.15. The van der Waals surface area contributed by atoms with E-state index in [1.54, 1.807) is 0 Å². The summed E-state index contributed by atoms with van der Waals surface area (Å²) in [7, 11) is 0.231. The van der Waals surface area contributed by atoms with Gasteiger partial charge < -0.3 is 14.2 Å². The second-order valence-electron chi connectivity index (χ2n) is 4.59. The van der Waals surface area contributed by atoms with E-state index in [4.69, 9.17) is 37.4 Å². The van der Waals surface area contributed by atoms with Gasteiger partial charge >= 0.3 is 0 Å². The Labute approximate surface area is 150 Å². The molecule has 0 aromatic heterocycles. The zero-order valence-corrected chi connectivity index (χ0v) is 15.4. The number of nitrogens with one attached hydrogen (secondary N) is 1. The van der Waals surface area contributed by atoms with Gasteiger partial charge in [0.05, 0.1) is 32.0 Å². The molecule has 0 unspecified atom stereocenters. The predicted octanol–water partition coefficient (Wildman–Crippen LogP) is 3.82. The van der Waals surface area contributed by atoms with E-state index >= 15 is 0 Å². The van der Waals surface area contributed by atoms with Crippen molar-refractivity contribution in [2.75, 3.05) is 26.1 Å². The second kappa shape index (κ2) is 7.38. The molecule has 0 saturated heterocycles. The van der Waals surface area contributed by atoms with Gasteiger partial charge in [0, 0.05) is 11.1 Å². The van der Waals surface area contributed by atoms with Crippen LogP contribution in [0.2, 0.25) is 10.0 Å². The zero-order chi connectivity index (χ0) is 17.9. The molecule has 1 N–H and O–H groups in total. The predicted molar refractivity (Wildman–Crippen MR) is 93.4 cm³/mol. The average molecular weight is 392 g/mol. The van der Waals surface area contributed by atoms with Crippen molar-refractivity contribution in [1.29, 1.82) is 0 Å². The maximum absolute atomic E-state index is 12.7. The van der Waals surface area contributed by atoms with Crippen LogP contribution in [-0.4, -0.2) is 29.7 Å². The van der Waals surface area contributed by atoms with Gasteiger partial charge in [-0.3, -0.25) is 4.72 Å². The SMILES string of the molecule is COc1cc(OC)c(NS(=O)(=O)c2cc(Cl)ccc2OC)cc1Cl. The lowest BCUT2D eigenvalue weighted by Crippen LogP contribution is -2.15. The Hall–Kier alpha value is -1.83. The smallest absolute Gasteiger partial charge is 0.265 e. The molecule has 0 aliphatic rings. The molecule has 0 aliphatic carbocycles. The van der Waals surface area contributed by atoms with E-state index in [9.17, 15) is 8.42 Å². The number of hydrogen-bond donors (Lipinski definition) is 1. The molecule has 0 aliphatic heterocycles. The third kappa shape index (κ3) is 3.80. The van der Waals surface area contributed by atoms with Crippen LogP contribution >= 0.6 is 23.2 Å². The van der Waals surface area contributed by atoms with Gasteiger partial charge in [0.2, 0.25) is 0 Å². The number of benzene rings is 2. The van der Waals surface area contributed by atoms with Crippen molar-refractivity contribution in [3.63, 3.8) is 0 Å². The molecule has 0 spiro atoms. The molecule has 2 aromatic carbocycles. The van der Waals surface area contributed by atoms with Crippen LogP contribution < -0.4 is 18.9 Å². The van der Waals surface area contributed by atoms with Gasteiger partial charge in [-0.25, -0.2) is 8.42 Å². The zero-order valence-electron chi connectivity index (χ0n) is 13.1. The highest BCUT2D eigenvalue weighted by Crippen LogP contribution is 2.38. The van der Waals surface area contributed by atoms with Crippen molar-refractivity contribution in [3.8, 4) is 17.2 Å². The van der Waals surface area contributed by atoms with Crippen LogP contribution in [0.4, 0.5) is 5.69 Å². The standard InChI is InChI=1S/C15H15Cl2NO5S/c1-21-12-5-4-9(16)6-15(12)24(19,20)18-11-7-10(17)13(22-2)8-14(11)23-3/h4-8,18H,1-3H3. The molecular formula is C15H15Cl2NO5S. The van der Waals surface area contributed by atoms with Gasteiger partial charge in [0.25, 0.3) is 10.0 Å². The van der Waals surface area contributed by atoms with E-state index in [0.717, 1.165) is 0 Å². The lowest BCUT2D eigenvalue weighted by atomic mass is 10.3. The molecule has 0 heterocycles. The molecule has 0 fully saturated rings. The van der Waals surface area contributed by atoms with Crippen LogP contribution in [0.1, 0.15) is 0 Å². The lowest BCUT2D eigenvalue weighted by molar-refractivity contribution is 0.395. The summed E-state index contributed by atoms with van der Waals surface area (Å²) in [6.45, 7) is 0. The van der Waals surface area contributed by atoms with E-state index in [1.165, 1.54) is 51.7 Å². The number of hydrogen-bond acceptors (Lipinski definition) is 5. The maximum Gasteiger partial charge on any atom is 0.265 e. The van der Waals surface area contributed by atoms with Crippen molar-refractivity contribution >= 4 is 38.9 Å². The van der Waals surface area contributed by atoms with Crippen LogP contribution in [0.15, 0.2) is 35.2 Å². The number of ether oxygens (including phenoxy) is 3. The Morgan fingerprint density at radius 3 is 2.08 bits per heavy atom. The highest BCUT2D eigenvalue weighted by atomic mass is 35.5. The largest absolute Gasteiger partial charge is 0.495 e. The first-order valence-electron chi connectivity index (χ1n) is 6.60. The monoisotopic (exact) mass is 391 g/mol. The fraction of sp³-hybridized carbons (Fsp3) is 0.200. The van der Waals surface area contributed by atoms with Gasteiger partial charge in [-0.1, -0.05) is 23.2 Å². The molecule has 0 atom stereocenters. The summed E-state index contributed by atoms with van der Waals surface area (Å²) in [5.74, 6) is 0.767. The molecule has 130 valence electrons. The summed E-state index contributed by atoms with van der Waals surface area (Å²) in [5, 5.41) is 0.491. The molecule has 0 radical (unpaired) electrons. The van der Waals surface area contributed by atoms with Crippen LogP contribution in [0.5, 0.6) is 17.2 Å². The van der Waals surface area contributed by atoms with Gasteiger partial charge in [-0.2, -0.15) is 0 Å². The van der Waals surface area contributed by atoms with Crippen molar-refractivity contribution in [2.24, 2.45) is 0 Å². The minimum absolute atomic E-state index is 0.105. The van der Waals surface area contributed by atoms with E-state index < -0.39 is 10.0 Å².